The quantitative estimate of drug-likeness (QED) is 0.800. The second-order valence-electron chi connectivity index (χ2n) is 5.00. The SMILES string of the molecule is CCCC(CNC(C)C)Oc1ccc(F)cc1C. The standard InChI is InChI=1S/C15H24FNO/c1-5-6-14(10-17-11(2)3)18-15-8-7-13(16)9-12(15)4/h7-9,11,14,17H,5-6,10H2,1-4H3. The average Bonchev–Trinajstić information content (AvgIpc) is 2.29. The Balaban J connectivity index is 2.64. The van der Waals surface area contributed by atoms with E-state index < -0.39 is 0 Å². The van der Waals surface area contributed by atoms with Gasteiger partial charge in [0.15, 0.2) is 0 Å². The number of hydrogen-bond acceptors (Lipinski definition) is 2. The number of hydrogen-bond donors (Lipinski definition) is 1. The highest BCUT2D eigenvalue weighted by molar-refractivity contribution is 5.32. The molecule has 0 saturated carbocycles. The predicted octanol–water partition coefficient (Wildman–Crippen LogP) is 3.68. The van der Waals surface area contributed by atoms with E-state index >= 15 is 0 Å². The Kier molecular flexibility index (Phi) is 6.13. The summed E-state index contributed by atoms with van der Waals surface area (Å²) in [6.45, 7) is 9.07. The van der Waals surface area contributed by atoms with Crippen LogP contribution in [0.1, 0.15) is 39.2 Å². The fraction of sp³-hybridized carbons (Fsp3) is 0.600. The average molecular weight is 253 g/mol. The van der Waals surface area contributed by atoms with Crippen LogP contribution in [0.4, 0.5) is 4.39 Å². The van der Waals surface area contributed by atoms with Crippen LogP contribution in [-0.2, 0) is 0 Å². The fourth-order valence-electron chi connectivity index (χ4n) is 1.82. The van der Waals surface area contributed by atoms with Crippen LogP contribution in [-0.4, -0.2) is 18.7 Å². The van der Waals surface area contributed by atoms with E-state index in [4.69, 9.17) is 4.74 Å². The molecule has 0 aromatic heterocycles. The van der Waals surface area contributed by atoms with Gasteiger partial charge in [-0.15, -0.1) is 0 Å². The van der Waals surface area contributed by atoms with Gasteiger partial charge >= 0.3 is 0 Å². The first-order chi connectivity index (χ1) is 8.52. The summed E-state index contributed by atoms with van der Waals surface area (Å²) < 4.78 is 19.0. The number of nitrogens with one attached hydrogen (secondary N) is 1. The molecule has 102 valence electrons. The van der Waals surface area contributed by atoms with Crippen molar-refractivity contribution >= 4 is 0 Å². The zero-order chi connectivity index (χ0) is 13.5. The summed E-state index contributed by atoms with van der Waals surface area (Å²) in [6.07, 6.45) is 2.21. The van der Waals surface area contributed by atoms with Gasteiger partial charge in [-0.2, -0.15) is 0 Å². The molecule has 1 aromatic carbocycles. The maximum absolute atomic E-state index is 13.0. The molecular formula is C15H24FNO. The molecule has 0 amide bonds. The van der Waals surface area contributed by atoms with Crippen molar-refractivity contribution in [2.75, 3.05) is 6.54 Å². The summed E-state index contributed by atoms with van der Waals surface area (Å²) in [7, 11) is 0. The topological polar surface area (TPSA) is 21.3 Å². The highest BCUT2D eigenvalue weighted by atomic mass is 19.1. The van der Waals surface area contributed by atoms with Crippen molar-refractivity contribution in [1.29, 1.82) is 0 Å². The first-order valence-electron chi connectivity index (χ1n) is 6.69. The summed E-state index contributed by atoms with van der Waals surface area (Å²) in [5, 5.41) is 3.38. The van der Waals surface area contributed by atoms with Gasteiger partial charge in [-0.3, -0.25) is 0 Å². The highest BCUT2D eigenvalue weighted by Gasteiger charge is 2.11. The van der Waals surface area contributed by atoms with E-state index in [1.807, 2.05) is 6.92 Å². The highest BCUT2D eigenvalue weighted by Crippen LogP contribution is 2.20. The molecule has 1 atom stereocenters. The lowest BCUT2D eigenvalue weighted by Gasteiger charge is -2.21. The lowest BCUT2D eigenvalue weighted by molar-refractivity contribution is 0.182. The van der Waals surface area contributed by atoms with Crippen molar-refractivity contribution in [3.63, 3.8) is 0 Å². The van der Waals surface area contributed by atoms with E-state index in [9.17, 15) is 4.39 Å². The molecule has 0 aliphatic rings. The van der Waals surface area contributed by atoms with Gasteiger partial charge in [0.2, 0.25) is 0 Å². The zero-order valence-electron chi connectivity index (χ0n) is 11.8. The van der Waals surface area contributed by atoms with Crippen molar-refractivity contribution < 1.29 is 9.13 Å². The van der Waals surface area contributed by atoms with Crippen LogP contribution < -0.4 is 10.1 Å². The minimum Gasteiger partial charge on any atom is -0.489 e. The van der Waals surface area contributed by atoms with Crippen LogP contribution >= 0.6 is 0 Å². The molecule has 0 heterocycles. The smallest absolute Gasteiger partial charge is 0.123 e. The lowest BCUT2D eigenvalue weighted by Crippen LogP contribution is -2.35. The van der Waals surface area contributed by atoms with Crippen LogP contribution in [0.15, 0.2) is 18.2 Å². The minimum absolute atomic E-state index is 0.140. The predicted molar refractivity (Wildman–Crippen MR) is 73.6 cm³/mol. The van der Waals surface area contributed by atoms with Crippen LogP contribution in [0.5, 0.6) is 5.75 Å². The Bertz CT molecular complexity index is 366. The van der Waals surface area contributed by atoms with E-state index in [2.05, 4.69) is 26.1 Å². The second-order valence-corrected chi connectivity index (χ2v) is 5.00. The summed E-state index contributed by atoms with van der Waals surface area (Å²) >= 11 is 0. The normalized spacial score (nSPS) is 12.8. The molecule has 1 N–H and O–H groups in total. The van der Waals surface area contributed by atoms with Crippen LogP contribution in [0.2, 0.25) is 0 Å². The van der Waals surface area contributed by atoms with E-state index in [0.29, 0.717) is 6.04 Å². The van der Waals surface area contributed by atoms with Gasteiger partial charge in [-0.1, -0.05) is 27.2 Å². The van der Waals surface area contributed by atoms with Crippen LogP contribution in [0.25, 0.3) is 0 Å². The molecule has 0 spiro atoms. The Hall–Kier alpha value is -1.09. The van der Waals surface area contributed by atoms with Crippen molar-refractivity contribution in [3.05, 3.63) is 29.6 Å². The molecule has 3 heteroatoms. The number of halogens is 1. The van der Waals surface area contributed by atoms with Gasteiger partial charge in [-0.05, 0) is 37.1 Å². The summed E-state index contributed by atoms with van der Waals surface area (Å²) in [4.78, 5) is 0. The van der Waals surface area contributed by atoms with Gasteiger partial charge in [0.05, 0.1) is 0 Å². The van der Waals surface area contributed by atoms with Gasteiger partial charge < -0.3 is 10.1 Å². The second kappa shape index (κ2) is 7.37. The van der Waals surface area contributed by atoms with Gasteiger partial charge in [0.1, 0.15) is 17.7 Å². The van der Waals surface area contributed by atoms with E-state index in [-0.39, 0.29) is 11.9 Å². The molecule has 0 radical (unpaired) electrons. The van der Waals surface area contributed by atoms with E-state index in [0.717, 1.165) is 30.7 Å². The molecule has 2 nitrogen and oxygen atoms in total. The summed E-state index contributed by atoms with van der Waals surface area (Å²) in [5.74, 6) is 0.563. The maximum Gasteiger partial charge on any atom is 0.123 e. The van der Waals surface area contributed by atoms with Crippen LogP contribution in [0, 0.1) is 12.7 Å². The molecule has 1 aromatic rings. The summed E-state index contributed by atoms with van der Waals surface area (Å²) in [6, 6.07) is 5.11. The van der Waals surface area contributed by atoms with Crippen molar-refractivity contribution in [1.82, 2.24) is 5.32 Å². The zero-order valence-corrected chi connectivity index (χ0v) is 11.8. The van der Waals surface area contributed by atoms with Crippen LogP contribution in [0.3, 0.4) is 0 Å². The molecular weight excluding hydrogens is 229 g/mol. The molecule has 0 aliphatic heterocycles. The Labute approximate surface area is 110 Å². The monoisotopic (exact) mass is 253 g/mol. The first-order valence-corrected chi connectivity index (χ1v) is 6.69. The number of rotatable bonds is 7. The Morgan fingerprint density at radius 2 is 2.06 bits per heavy atom. The van der Waals surface area contributed by atoms with Gasteiger partial charge in [0.25, 0.3) is 0 Å². The van der Waals surface area contributed by atoms with Crippen molar-refractivity contribution in [3.8, 4) is 5.75 Å². The number of aryl methyl sites for hydroxylation is 1. The van der Waals surface area contributed by atoms with E-state index in [1.165, 1.54) is 12.1 Å². The molecule has 0 bridgehead atoms. The minimum atomic E-state index is -0.216. The lowest BCUT2D eigenvalue weighted by atomic mass is 10.1. The van der Waals surface area contributed by atoms with Gasteiger partial charge in [0, 0.05) is 12.6 Å². The molecule has 18 heavy (non-hydrogen) atoms. The third-order valence-corrected chi connectivity index (χ3v) is 2.80. The largest absolute Gasteiger partial charge is 0.489 e. The molecule has 0 saturated heterocycles. The number of ether oxygens (including phenoxy) is 1. The van der Waals surface area contributed by atoms with Crippen molar-refractivity contribution in [2.45, 2.75) is 52.7 Å². The molecule has 1 rings (SSSR count). The Morgan fingerprint density at radius 1 is 1.33 bits per heavy atom. The fourth-order valence-corrected chi connectivity index (χ4v) is 1.82. The van der Waals surface area contributed by atoms with Gasteiger partial charge in [-0.25, -0.2) is 4.39 Å². The maximum atomic E-state index is 13.0. The summed E-state index contributed by atoms with van der Waals surface area (Å²) in [5.41, 5.74) is 0.848. The first kappa shape index (κ1) is 15.0. The molecule has 0 aliphatic carbocycles. The van der Waals surface area contributed by atoms with Crippen molar-refractivity contribution in [2.24, 2.45) is 0 Å². The number of benzene rings is 1. The molecule has 1 unspecified atom stereocenters. The molecule has 0 fully saturated rings. The third-order valence-electron chi connectivity index (χ3n) is 2.80. The van der Waals surface area contributed by atoms with E-state index in [1.54, 1.807) is 6.07 Å². The third kappa shape index (κ3) is 5.05. The Morgan fingerprint density at radius 3 is 2.61 bits per heavy atom.